The molecular formula is C15H14FNO4. The highest BCUT2D eigenvalue weighted by Gasteiger charge is 2.14. The normalized spacial score (nSPS) is 10.3. The van der Waals surface area contributed by atoms with Gasteiger partial charge >= 0.3 is 5.97 Å². The number of aromatic carboxylic acids is 1. The van der Waals surface area contributed by atoms with Gasteiger partial charge in [-0.25, -0.2) is 9.18 Å². The summed E-state index contributed by atoms with van der Waals surface area (Å²) in [6.07, 6.45) is 1.28. The van der Waals surface area contributed by atoms with E-state index in [1.807, 2.05) is 6.07 Å². The summed E-state index contributed by atoms with van der Waals surface area (Å²) in [6.45, 7) is 0.387. The first-order chi connectivity index (χ1) is 10.1. The summed E-state index contributed by atoms with van der Waals surface area (Å²) >= 11 is 0. The van der Waals surface area contributed by atoms with Gasteiger partial charge < -0.3 is 14.8 Å². The molecule has 0 bridgehead atoms. The van der Waals surface area contributed by atoms with Crippen molar-refractivity contribution in [2.45, 2.75) is 12.8 Å². The molecule has 0 saturated carbocycles. The Morgan fingerprint density at radius 3 is 2.62 bits per heavy atom. The van der Waals surface area contributed by atoms with Gasteiger partial charge in [-0.2, -0.15) is 0 Å². The second-order valence-corrected chi connectivity index (χ2v) is 4.46. The Labute approximate surface area is 120 Å². The zero-order valence-corrected chi connectivity index (χ0v) is 11.1. The lowest BCUT2D eigenvalue weighted by Crippen LogP contribution is -2.24. The lowest BCUT2D eigenvalue weighted by Gasteiger charge is -2.04. The van der Waals surface area contributed by atoms with Crippen molar-refractivity contribution in [2.24, 2.45) is 0 Å². The van der Waals surface area contributed by atoms with E-state index in [9.17, 15) is 14.0 Å². The van der Waals surface area contributed by atoms with Gasteiger partial charge in [-0.05, 0) is 42.7 Å². The van der Waals surface area contributed by atoms with E-state index in [1.54, 1.807) is 6.07 Å². The SMILES string of the molecule is O=C(O)c1ccc(C(=O)NCCCc2cccc(F)c2)o1. The highest BCUT2D eigenvalue weighted by atomic mass is 19.1. The first kappa shape index (κ1) is 14.8. The molecule has 2 rings (SSSR count). The molecule has 0 aliphatic heterocycles. The standard InChI is InChI=1S/C15H14FNO4/c16-11-5-1-3-10(9-11)4-2-8-17-14(18)12-6-7-13(21-12)15(19)20/h1,3,5-7,9H,2,4,8H2,(H,17,18)(H,19,20). The number of benzene rings is 1. The average molecular weight is 291 g/mol. The molecule has 1 aromatic carbocycles. The summed E-state index contributed by atoms with van der Waals surface area (Å²) in [4.78, 5) is 22.3. The second kappa shape index (κ2) is 6.69. The van der Waals surface area contributed by atoms with E-state index < -0.39 is 11.9 Å². The maximum Gasteiger partial charge on any atom is 0.371 e. The maximum absolute atomic E-state index is 13.0. The molecule has 0 unspecified atom stereocenters. The zero-order chi connectivity index (χ0) is 15.2. The Hall–Kier alpha value is -2.63. The largest absolute Gasteiger partial charge is 0.475 e. The average Bonchev–Trinajstić information content (AvgIpc) is 2.93. The van der Waals surface area contributed by atoms with Crippen molar-refractivity contribution in [1.82, 2.24) is 5.32 Å². The van der Waals surface area contributed by atoms with Gasteiger partial charge in [-0.15, -0.1) is 0 Å². The number of aryl methyl sites for hydroxylation is 1. The number of hydrogen-bond donors (Lipinski definition) is 2. The number of amides is 1. The van der Waals surface area contributed by atoms with Gasteiger partial charge in [0.25, 0.3) is 5.91 Å². The number of nitrogens with one attached hydrogen (secondary N) is 1. The molecule has 0 saturated heterocycles. The number of hydrogen-bond acceptors (Lipinski definition) is 3. The number of halogens is 1. The van der Waals surface area contributed by atoms with Gasteiger partial charge in [0.2, 0.25) is 5.76 Å². The van der Waals surface area contributed by atoms with Crippen molar-refractivity contribution in [3.05, 3.63) is 59.3 Å². The van der Waals surface area contributed by atoms with Crippen LogP contribution in [0.4, 0.5) is 4.39 Å². The molecule has 2 aromatic rings. The summed E-state index contributed by atoms with van der Waals surface area (Å²) in [7, 11) is 0. The van der Waals surface area contributed by atoms with Crippen LogP contribution in [0.5, 0.6) is 0 Å². The number of carbonyl (C=O) groups is 2. The minimum atomic E-state index is -1.22. The minimum absolute atomic E-state index is 0.0434. The maximum atomic E-state index is 13.0. The van der Waals surface area contributed by atoms with Crippen LogP contribution in [0.3, 0.4) is 0 Å². The van der Waals surface area contributed by atoms with Crippen LogP contribution in [-0.4, -0.2) is 23.5 Å². The molecular weight excluding hydrogens is 277 g/mol. The number of carboxylic acids is 1. The monoisotopic (exact) mass is 291 g/mol. The van der Waals surface area contributed by atoms with Gasteiger partial charge in [0, 0.05) is 6.54 Å². The van der Waals surface area contributed by atoms with E-state index >= 15 is 0 Å². The lowest BCUT2D eigenvalue weighted by molar-refractivity contribution is 0.0659. The third-order valence-corrected chi connectivity index (χ3v) is 2.86. The molecule has 0 aliphatic rings. The van der Waals surface area contributed by atoms with Gasteiger partial charge in [-0.1, -0.05) is 12.1 Å². The molecule has 0 fully saturated rings. The van der Waals surface area contributed by atoms with Crippen LogP contribution in [0.25, 0.3) is 0 Å². The smallest absolute Gasteiger partial charge is 0.371 e. The molecule has 2 N–H and O–H groups in total. The van der Waals surface area contributed by atoms with Crippen molar-refractivity contribution in [2.75, 3.05) is 6.54 Å². The Bertz CT molecular complexity index is 651. The lowest BCUT2D eigenvalue weighted by atomic mass is 10.1. The molecule has 6 heteroatoms. The number of carboxylic acid groups (broad SMARTS) is 1. The third kappa shape index (κ3) is 4.17. The number of furan rings is 1. The van der Waals surface area contributed by atoms with Crippen LogP contribution in [0.1, 0.15) is 33.1 Å². The van der Waals surface area contributed by atoms with E-state index in [0.717, 1.165) is 5.56 Å². The third-order valence-electron chi connectivity index (χ3n) is 2.86. The topological polar surface area (TPSA) is 79.5 Å². The molecule has 21 heavy (non-hydrogen) atoms. The second-order valence-electron chi connectivity index (χ2n) is 4.46. The quantitative estimate of drug-likeness (QED) is 0.801. The summed E-state index contributed by atoms with van der Waals surface area (Å²) in [5, 5.41) is 11.3. The Morgan fingerprint density at radius 2 is 1.95 bits per heavy atom. The van der Waals surface area contributed by atoms with Gasteiger partial charge in [0.05, 0.1) is 0 Å². The van der Waals surface area contributed by atoms with Crippen LogP contribution in [0.2, 0.25) is 0 Å². The number of rotatable bonds is 6. The predicted molar refractivity (Wildman–Crippen MR) is 72.7 cm³/mol. The van der Waals surface area contributed by atoms with Crippen LogP contribution in [-0.2, 0) is 6.42 Å². The molecule has 1 amide bonds. The predicted octanol–water partition coefficient (Wildman–Crippen LogP) is 2.48. The fraction of sp³-hybridized carbons (Fsp3) is 0.200. The van der Waals surface area contributed by atoms with Crippen LogP contribution in [0, 0.1) is 5.82 Å². The summed E-state index contributed by atoms with van der Waals surface area (Å²) in [6, 6.07) is 8.82. The summed E-state index contributed by atoms with van der Waals surface area (Å²) in [5.41, 5.74) is 0.857. The number of carbonyl (C=O) groups excluding carboxylic acids is 1. The van der Waals surface area contributed by atoms with Crippen LogP contribution < -0.4 is 5.32 Å². The Morgan fingerprint density at radius 1 is 1.19 bits per heavy atom. The summed E-state index contributed by atoms with van der Waals surface area (Å²) < 4.78 is 17.8. The van der Waals surface area contributed by atoms with Gasteiger partial charge in [0.1, 0.15) is 5.82 Å². The molecule has 5 nitrogen and oxygen atoms in total. The molecule has 0 spiro atoms. The Balaban J connectivity index is 1.77. The fourth-order valence-electron chi connectivity index (χ4n) is 1.85. The molecule has 0 atom stereocenters. The molecule has 1 heterocycles. The first-order valence-corrected chi connectivity index (χ1v) is 6.42. The van der Waals surface area contributed by atoms with Crippen molar-refractivity contribution in [1.29, 1.82) is 0 Å². The molecule has 1 aromatic heterocycles. The van der Waals surface area contributed by atoms with E-state index in [-0.39, 0.29) is 17.3 Å². The van der Waals surface area contributed by atoms with Gasteiger partial charge in [0.15, 0.2) is 5.76 Å². The zero-order valence-electron chi connectivity index (χ0n) is 11.1. The van der Waals surface area contributed by atoms with E-state index in [0.29, 0.717) is 19.4 Å². The van der Waals surface area contributed by atoms with Crippen molar-refractivity contribution in [3.8, 4) is 0 Å². The molecule has 110 valence electrons. The van der Waals surface area contributed by atoms with Crippen molar-refractivity contribution < 1.29 is 23.5 Å². The highest BCUT2D eigenvalue weighted by Crippen LogP contribution is 2.08. The molecule has 0 radical (unpaired) electrons. The summed E-state index contributed by atoms with van der Waals surface area (Å²) in [5.74, 6) is -2.30. The van der Waals surface area contributed by atoms with E-state index in [4.69, 9.17) is 9.52 Å². The van der Waals surface area contributed by atoms with Gasteiger partial charge in [-0.3, -0.25) is 4.79 Å². The fourth-order valence-corrected chi connectivity index (χ4v) is 1.85. The van der Waals surface area contributed by atoms with E-state index in [2.05, 4.69) is 5.32 Å². The van der Waals surface area contributed by atoms with Crippen LogP contribution >= 0.6 is 0 Å². The van der Waals surface area contributed by atoms with Crippen molar-refractivity contribution in [3.63, 3.8) is 0 Å². The minimum Gasteiger partial charge on any atom is -0.475 e. The Kier molecular flexibility index (Phi) is 4.71. The highest BCUT2D eigenvalue weighted by molar-refractivity contribution is 5.93. The van der Waals surface area contributed by atoms with E-state index in [1.165, 1.54) is 24.3 Å². The van der Waals surface area contributed by atoms with Crippen LogP contribution in [0.15, 0.2) is 40.8 Å². The first-order valence-electron chi connectivity index (χ1n) is 6.42. The molecule has 0 aliphatic carbocycles. The van der Waals surface area contributed by atoms with Crippen molar-refractivity contribution >= 4 is 11.9 Å².